The molecule has 1 atom stereocenters. The van der Waals surface area contributed by atoms with Crippen molar-refractivity contribution < 1.29 is 4.79 Å². The summed E-state index contributed by atoms with van der Waals surface area (Å²) < 4.78 is 0. The molecule has 0 bridgehead atoms. The molecule has 0 aromatic carbocycles. The van der Waals surface area contributed by atoms with E-state index in [0.717, 1.165) is 19.4 Å². The van der Waals surface area contributed by atoms with Gasteiger partial charge in [-0.25, -0.2) is 0 Å². The second-order valence-electron chi connectivity index (χ2n) is 3.80. The number of thiocarbonyl (C=S) groups is 1. The Labute approximate surface area is 99.5 Å². The Morgan fingerprint density at radius 3 is 3.06 bits per heavy atom. The second-order valence-corrected chi connectivity index (χ2v) is 4.27. The van der Waals surface area contributed by atoms with E-state index in [-0.39, 0.29) is 11.9 Å². The van der Waals surface area contributed by atoms with Gasteiger partial charge in [-0.15, -0.1) is 0 Å². The van der Waals surface area contributed by atoms with Gasteiger partial charge in [0.25, 0.3) is 5.91 Å². The Hall–Kier alpha value is -1.49. The number of likely N-dealkylation sites (tertiary alicyclic amines) is 1. The normalized spacial score (nSPS) is 19.8. The fourth-order valence-electron chi connectivity index (χ4n) is 1.96. The number of aromatic nitrogens is 1. The fraction of sp³-hybridized carbons (Fsp3) is 0.364. The van der Waals surface area contributed by atoms with E-state index >= 15 is 0 Å². The van der Waals surface area contributed by atoms with Gasteiger partial charge in [-0.1, -0.05) is 12.2 Å². The van der Waals surface area contributed by atoms with Gasteiger partial charge in [0.05, 0.1) is 16.6 Å². The van der Waals surface area contributed by atoms with Gasteiger partial charge >= 0.3 is 0 Å². The molecule has 5 heteroatoms. The number of hydrogen-bond donors (Lipinski definition) is 1. The lowest BCUT2D eigenvalue weighted by Crippen LogP contribution is -2.42. The Morgan fingerprint density at radius 1 is 1.62 bits per heavy atom. The van der Waals surface area contributed by atoms with E-state index in [1.165, 1.54) is 0 Å². The van der Waals surface area contributed by atoms with Crippen LogP contribution < -0.4 is 5.73 Å². The number of nitrogens with zero attached hydrogens (tertiary/aromatic N) is 2. The molecule has 2 heterocycles. The molecule has 2 N–H and O–H groups in total. The van der Waals surface area contributed by atoms with Crippen molar-refractivity contribution in [2.75, 3.05) is 6.54 Å². The molecule has 0 aliphatic carbocycles. The molecule has 0 radical (unpaired) electrons. The molecule has 0 spiro atoms. The minimum absolute atomic E-state index is 0.0385. The Kier molecular flexibility index (Phi) is 3.14. The molecule has 1 aromatic rings. The van der Waals surface area contributed by atoms with Crippen LogP contribution in [0.2, 0.25) is 0 Å². The van der Waals surface area contributed by atoms with E-state index in [1.54, 1.807) is 29.4 Å². The Balaban J connectivity index is 2.19. The van der Waals surface area contributed by atoms with Crippen molar-refractivity contribution in [2.45, 2.75) is 18.9 Å². The molecule has 1 amide bonds. The SMILES string of the molecule is NC(=S)C1CCCN1C(=O)c1cccnc1. The van der Waals surface area contributed by atoms with Crippen LogP contribution in [-0.4, -0.2) is 33.4 Å². The van der Waals surface area contributed by atoms with Gasteiger partial charge in [0.15, 0.2) is 0 Å². The molecule has 16 heavy (non-hydrogen) atoms. The van der Waals surface area contributed by atoms with Gasteiger partial charge < -0.3 is 10.6 Å². The van der Waals surface area contributed by atoms with Crippen LogP contribution in [0.3, 0.4) is 0 Å². The Morgan fingerprint density at radius 2 is 2.44 bits per heavy atom. The van der Waals surface area contributed by atoms with Crippen LogP contribution in [0.25, 0.3) is 0 Å². The first-order valence-electron chi connectivity index (χ1n) is 5.20. The number of pyridine rings is 1. The maximum Gasteiger partial charge on any atom is 0.256 e. The summed E-state index contributed by atoms with van der Waals surface area (Å²) in [5, 5.41) is 0. The lowest BCUT2D eigenvalue weighted by Gasteiger charge is -2.23. The third-order valence-electron chi connectivity index (χ3n) is 2.75. The van der Waals surface area contributed by atoms with E-state index in [2.05, 4.69) is 4.98 Å². The number of amides is 1. The van der Waals surface area contributed by atoms with Gasteiger partial charge in [0, 0.05) is 18.9 Å². The van der Waals surface area contributed by atoms with Crippen LogP contribution in [-0.2, 0) is 0 Å². The van der Waals surface area contributed by atoms with Crippen LogP contribution in [0.15, 0.2) is 24.5 Å². The number of carbonyl (C=O) groups is 1. The highest BCUT2D eigenvalue weighted by Crippen LogP contribution is 2.19. The molecular formula is C11H13N3OS. The molecule has 1 saturated heterocycles. The fourth-order valence-corrected chi connectivity index (χ4v) is 2.21. The summed E-state index contributed by atoms with van der Waals surface area (Å²) in [5.41, 5.74) is 6.21. The summed E-state index contributed by atoms with van der Waals surface area (Å²) >= 11 is 4.97. The summed E-state index contributed by atoms with van der Waals surface area (Å²) in [4.78, 5) is 18.2. The maximum absolute atomic E-state index is 12.1. The Bertz CT molecular complexity index is 407. The third-order valence-corrected chi connectivity index (χ3v) is 3.02. The quantitative estimate of drug-likeness (QED) is 0.776. The van der Waals surface area contributed by atoms with Gasteiger partial charge in [-0.3, -0.25) is 9.78 Å². The predicted molar refractivity (Wildman–Crippen MR) is 65.1 cm³/mol. The van der Waals surface area contributed by atoms with Gasteiger partial charge in [0.1, 0.15) is 0 Å². The standard InChI is InChI=1S/C11H13N3OS/c12-10(16)9-4-2-6-14(9)11(15)8-3-1-5-13-7-8/h1,3,5,7,9H,2,4,6H2,(H2,12,16). The summed E-state index contributed by atoms with van der Waals surface area (Å²) in [6.45, 7) is 0.718. The van der Waals surface area contributed by atoms with E-state index in [1.807, 2.05) is 0 Å². The van der Waals surface area contributed by atoms with Crippen LogP contribution in [0.1, 0.15) is 23.2 Å². The highest BCUT2D eigenvalue weighted by molar-refractivity contribution is 7.80. The molecule has 0 saturated carbocycles. The van der Waals surface area contributed by atoms with Gasteiger partial charge in [-0.05, 0) is 25.0 Å². The van der Waals surface area contributed by atoms with Crippen LogP contribution in [0.4, 0.5) is 0 Å². The monoisotopic (exact) mass is 235 g/mol. The average Bonchev–Trinajstić information content (AvgIpc) is 2.78. The first kappa shape index (κ1) is 11.0. The summed E-state index contributed by atoms with van der Waals surface area (Å²) in [7, 11) is 0. The summed E-state index contributed by atoms with van der Waals surface area (Å²) in [6.07, 6.45) is 5.03. The first-order valence-corrected chi connectivity index (χ1v) is 5.61. The topological polar surface area (TPSA) is 59.2 Å². The number of nitrogens with two attached hydrogens (primary N) is 1. The largest absolute Gasteiger partial charge is 0.392 e. The lowest BCUT2D eigenvalue weighted by atomic mass is 10.2. The zero-order valence-electron chi connectivity index (χ0n) is 8.80. The summed E-state index contributed by atoms with van der Waals surface area (Å²) in [5.74, 6) is -0.0385. The minimum atomic E-state index is -0.0947. The van der Waals surface area contributed by atoms with Gasteiger partial charge in [0.2, 0.25) is 0 Å². The second kappa shape index (κ2) is 4.57. The first-order chi connectivity index (χ1) is 7.70. The molecule has 4 nitrogen and oxygen atoms in total. The van der Waals surface area contributed by atoms with Crippen LogP contribution in [0, 0.1) is 0 Å². The molecule has 84 valence electrons. The van der Waals surface area contributed by atoms with E-state index in [9.17, 15) is 4.79 Å². The van der Waals surface area contributed by atoms with E-state index < -0.39 is 0 Å². The van der Waals surface area contributed by atoms with Crippen LogP contribution in [0.5, 0.6) is 0 Å². The van der Waals surface area contributed by atoms with Crippen LogP contribution >= 0.6 is 12.2 Å². The zero-order valence-corrected chi connectivity index (χ0v) is 9.61. The van der Waals surface area contributed by atoms with Crippen molar-refractivity contribution in [2.24, 2.45) is 5.73 Å². The molecule has 1 fully saturated rings. The number of rotatable bonds is 2. The van der Waals surface area contributed by atoms with Crippen molar-refractivity contribution in [3.8, 4) is 0 Å². The smallest absolute Gasteiger partial charge is 0.256 e. The zero-order chi connectivity index (χ0) is 11.5. The highest BCUT2D eigenvalue weighted by Gasteiger charge is 2.31. The van der Waals surface area contributed by atoms with Crippen molar-refractivity contribution in [1.82, 2.24) is 9.88 Å². The molecule has 1 aliphatic rings. The maximum atomic E-state index is 12.1. The molecule has 1 unspecified atom stereocenters. The lowest BCUT2D eigenvalue weighted by molar-refractivity contribution is 0.0770. The van der Waals surface area contributed by atoms with Gasteiger partial charge in [-0.2, -0.15) is 0 Å². The summed E-state index contributed by atoms with van der Waals surface area (Å²) in [6, 6.07) is 3.41. The average molecular weight is 235 g/mol. The number of hydrogen-bond acceptors (Lipinski definition) is 3. The van der Waals surface area contributed by atoms with E-state index in [4.69, 9.17) is 18.0 Å². The minimum Gasteiger partial charge on any atom is -0.392 e. The third kappa shape index (κ3) is 2.04. The van der Waals surface area contributed by atoms with Crippen molar-refractivity contribution in [1.29, 1.82) is 0 Å². The molecule has 2 rings (SSSR count). The number of carbonyl (C=O) groups excluding carboxylic acids is 1. The van der Waals surface area contributed by atoms with Crippen molar-refractivity contribution in [3.63, 3.8) is 0 Å². The predicted octanol–water partition coefficient (Wildman–Crippen LogP) is 0.972. The highest BCUT2D eigenvalue weighted by atomic mass is 32.1. The molecule has 1 aliphatic heterocycles. The molecular weight excluding hydrogens is 222 g/mol. The van der Waals surface area contributed by atoms with Crippen molar-refractivity contribution >= 4 is 23.1 Å². The molecule has 1 aromatic heterocycles. The van der Waals surface area contributed by atoms with Crippen molar-refractivity contribution in [3.05, 3.63) is 30.1 Å². The van der Waals surface area contributed by atoms with E-state index in [0.29, 0.717) is 10.6 Å².